The molecule has 1 aromatic heterocycles. The van der Waals surface area contributed by atoms with Crippen molar-refractivity contribution in [3.05, 3.63) is 29.0 Å². The van der Waals surface area contributed by atoms with Gasteiger partial charge in [0.05, 0.1) is 5.69 Å². The van der Waals surface area contributed by atoms with E-state index in [1.807, 2.05) is 12.1 Å². The Hall–Kier alpha value is -0.640. The number of nitrogens with zero attached hydrogens (tertiary/aromatic N) is 2. The first kappa shape index (κ1) is 14.8. The van der Waals surface area contributed by atoms with Gasteiger partial charge in [0.2, 0.25) is 0 Å². The van der Waals surface area contributed by atoms with Crippen molar-refractivity contribution in [3.63, 3.8) is 0 Å². The molecule has 19 heavy (non-hydrogen) atoms. The van der Waals surface area contributed by atoms with Gasteiger partial charge in [-0.1, -0.05) is 11.6 Å². The first-order chi connectivity index (χ1) is 9.15. The Morgan fingerprint density at radius 2 is 2.37 bits per heavy atom. The zero-order chi connectivity index (χ0) is 13.7. The van der Waals surface area contributed by atoms with Crippen LogP contribution in [0.25, 0.3) is 0 Å². The molecule has 1 saturated heterocycles. The molecule has 0 saturated carbocycles. The molecule has 1 aliphatic heterocycles. The quantitative estimate of drug-likeness (QED) is 0.899. The lowest BCUT2D eigenvalue weighted by molar-refractivity contribution is 0.162. The first-order valence-corrected chi connectivity index (χ1v) is 7.58. The Kier molecular flexibility index (Phi) is 5.61. The molecule has 1 aliphatic rings. The van der Waals surface area contributed by atoms with Crippen molar-refractivity contribution in [3.8, 4) is 0 Å². The molecule has 0 aliphatic carbocycles. The SMILES string of the molecule is CC(C)N(Cc1cc(Cl)ccn1)CC1CCCNC1. The minimum absolute atomic E-state index is 0.530. The maximum Gasteiger partial charge on any atom is 0.0558 e. The lowest BCUT2D eigenvalue weighted by Crippen LogP contribution is -2.40. The molecule has 106 valence electrons. The number of halogens is 1. The van der Waals surface area contributed by atoms with Gasteiger partial charge in [-0.25, -0.2) is 0 Å². The van der Waals surface area contributed by atoms with Gasteiger partial charge in [-0.3, -0.25) is 9.88 Å². The highest BCUT2D eigenvalue weighted by Gasteiger charge is 2.19. The number of hydrogen-bond donors (Lipinski definition) is 1. The fourth-order valence-corrected chi connectivity index (χ4v) is 2.80. The standard InChI is InChI=1S/C15H24ClN3/c1-12(2)19(10-13-4-3-6-17-9-13)11-15-8-14(16)5-7-18-15/h5,7-8,12-13,17H,3-4,6,9-11H2,1-2H3. The van der Waals surface area contributed by atoms with E-state index in [0.717, 1.165) is 36.3 Å². The number of rotatable bonds is 5. The van der Waals surface area contributed by atoms with E-state index in [9.17, 15) is 0 Å². The highest BCUT2D eigenvalue weighted by Crippen LogP contribution is 2.16. The third kappa shape index (κ3) is 4.75. The van der Waals surface area contributed by atoms with Gasteiger partial charge in [-0.2, -0.15) is 0 Å². The maximum atomic E-state index is 6.03. The Labute approximate surface area is 121 Å². The minimum Gasteiger partial charge on any atom is -0.316 e. The van der Waals surface area contributed by atoms with Gasteiger partial charge < -0.3 is 5.32 Å². The normalized spacial score (nSPS) is 20.2. The van der Waals surface area contributed by atoms with Crippen LogP contribution in [0.5, 0.6) is 0 Å². The zero-order valence-electron chi connectivity index (χ0n) is 11.9. The molecule has 0 aromatic carbocycles. The Morgan fingerprint density at radius 3 is 3.00 bits per heavy atom. The molecule has 2 rings (SSSR count). The van der Waals surface area contributed by atoms with Crippen molar-refractivity contribution in [1.82, 2.24) is 15.2 Å². The summed E-state index contributed by atoms with van der Waals surface area (Å²) in [7, 11) is 0. The van der Waals surface area contributed by atoms with Crippen LogP contribution < -0.4 is 5.32 Å². The Morgan fingerprint density at radius 1 is 1.53 bits per heavy atom. The maximum absolute atomic E-state index is 6.03. The topological polar surface area (TPSA) is 28.2 Å². The smallest absolute Gasteiger partial charge is 0.0558 e. The molecule has 0 amide bonds. The molecule has 2 heterocycles. The molecule has 1 N–H and O–H groups in total. The van der Waals surface area contributed by atoms with Crippen LogP contribution in [-0.2, 0) is 6.54 Å². The fraction of sp³-hybridized carbons (Fsp3) is 0.667. The van der Waals surface area contributed by atoms with Crippen molar-refractivity contribution in [1.29, 1.82) is 0 Å². The molecule has 0 bridgehead atoms. The summed E-state index contributed by atoms with van der Waals surface area (Å²) in [4.78, 5) is 6.91. The van der Waals surface area contributed by atoms with E-state index in [0.29, 0.717) is 6.04 Å². The Balaban J connectivity index is 1.95. The highest BCUT2D eigenvalue weighted by atomic mass is 35.5. The summed E-state index contributed by atoms with van der Waals surface area (Å²) in [5.74, 6) is 0.760. The molecule has 1 unspecified atom stereocenters. The second-order valence-corrected chi connectivity index (χ2v) is 6.14. The number of aromatic nitrogens is 1. The number of hydrogen-bond acceptors (Lipinski definition) is 3. The van der Waals surface area contributed by atoms with Crippen molar-refractivity contribution >= 4 is 11.6 Å². The lowest BCUT2D eigenvalue weighted by Gasteiger charge is -2.32. The molecule has 0 radical (unpaired) electrons. The van der Waals surface area contributed by atoms with Crippen LogP contribution in [0.15, 0.2) is 18.3 Å². The van der Waals surface area contributed by atoms with Gasteiger partial charge in [0.15, 0.2) is 0 Å². The molecule has 1 fully saturated rings. The van der Waals surface area contributed by atoms with Crippen LogP contribution in [0.4, 0.5) is 0 Å². The van der Waals surface area contributed by atoms with Crippen LogP contribution in [0.1, 0.15) is 32.4 Å². The van der Waals surface area contributed by atoms with E-state index in [2.05, 4.69) is 29.0 Å². The predicted molar refractivity (Wildman–Crippen MR) is 80.4 cm³/mol. The van der Waals surface area contributed by atoms with Gasteiger partial charge in [-0.15, -0.1) is 0 Å². The molecule has 1 aromatic rings. The highest BCUT2D eigenvalue weighted by molar-refractivity contribution is 6.30. The number of piperidine rings is 1. The van der Waals surface area contributed by atoms with Crippen molar-refractivity contribution in [2.24, 2.45) is 5.92 Å². The summed E-state index contributed by atoms with van der Waals surface area (Å²) in [5.41, 5.74) is 1.06. The Bertz CT molecular complexity index is 389. The van der Waals surface area contributed by atoms with Crippen LogP contribution in [0.3, 0.4) is 0 Å². The number of pyridine rings is 1. The van der Waals surface area contributed by atoms with E-state index in [1.54, 1.807) is 6.20 Å². The van der Waals surface area contributed by atoms with E-state index < -0.39 is 0 Å². The van der Waals surface area contributed by atoms with Gasteiger partial charge in [0.1, 0.15) is 0 Å². The zero-order valence-corrected chi connectivity index (χ0v) is 12.7. The van der Waals surface area contributed by atoms with E-state index >= 15 is 0 Å². The van der Waals surface area contributed by atoms with Crippen molar-refractivity contribution in [2.75, 3.05) is 19.6 Å². The predicted octanol–water partition coefficient (Wildman–Crippen LogP) is 2.95. The minimum atomic E-state index is 0.530. The second kappa shape index (κ2) is 7.22. The summed E-state index contributed by atoms with van der Waals surface area (Å²) in [6, 6.07) is 4.33. The fourth-order valence-electron chi connectivity index (χ4n) is 2.61. The monoisotopic (exact) mass is 281 g/mol. The van der Waals surface area contributed by atoms with Crippen LogP contribution in [0.2, 0.25) is 5.02 Å². The van der Waals surface area contributed by atoms with Gasteiger partial charge in [0, 0.05) is 30.4 Å². The summed E-state index contributed by atoms with van der Waals surface area (Å²) >= 11 is 6.03. The molecule has 0 spiro atoms. The summed E-state index contributed by atoms with van der Waals surface area (Å²) in [6.07, 6.45) is 4.42. The largest absolute Gasteiger partial charge is 0.316 e. The van der Waals surface area contributed by atoms with E-state index in [4.69, 9.17) is 11.6 Å². The van der Waals surface area contributed by atoms with Gasteiger partial charge in [-0.05, 0) is 57.8 Å². The van der Waals surface area contributed by atoms with Crippen LogP contribution in [0, 0.1) is 5.92 Å². The van der Waals surface area contributed by atoms with E-state index in [1.165, 1.54) is 19.4 Å². The third-order valence-electron chi connectivity index (χ3n) is 3.77. The molecule has 3 nitrogen and oxygen atoms in total. The average Bonchev–Trinajstić information content (AvgIpc) is 2.39. The summed E-state index contributed by atoms with van der Waals surface area (Å²) in [5, 5.41) is 4.26. The molecular weight excluding hydrogens is 258 g/mol. The van der Waals surface area contributed by atoms with Crippen LogP contribution in [-0.4, -0.2) is 35.6 Å². The third-order valence-corrected chi connectivity index (χ3v) is 4.00. The van der Waals surface area contributed by atoms with Crippen LogP contribution >= 0.6 is 11.6 Å². The average molecular weight is 282 g/mol. The lowest BCUT2D eigenvalue weighted by atomic mass is 9.98. The van der Waals surface area contributed by atoms with Gasteiger partial charge in [0.25, 0.3) is 0 Å². The van der Waals surface area contributed by atoms with Crippen molar-refractivity contribution in [2.45, 2.75) is 39.3 Å². The molecule has 4 heteroatoms. The van der Waals surface area contributed by atoms with Crippen molar-refractivity contribution < 1.29 is 0 Å². The first-order valence-electron chi connectivity index (χ1n) is 7.20. The molecular formula is C15H24ClN3. The number of nitrogens with one attached hydrogen (secondary N) is 1. The summed E-state index contributed by atoms with van der Waals surface area (Å²) < 4.78 is 0. The second-order valence-electron chi connectivity index (χ2n) is 5.70. The van der Waals surface area contributed by atoms with E-state index in [-0.39, 0.29) is 0 Å². The molecule has 1 atom stereocenters. The van der Waals surface area contributed by atoms with Gasteiger partial charge >= 0.3 is 0 Å². The summed E-state index contributed by atoms with van der Waals surface area (Å²) in [6.45, 7) is 8.84.